The van der Waals surface area contributed by atoms with Crippen LogP contribution in [0.3, 0.4) is 0 Å². The molecule has 0 spiro atoms. The van der Waals surface area contributed by atoms with Gasteiger partial charge < -0.3 is 28.6 Å². The van der Waals surface area contributed by atoms with Crippen molar-refractivity contribution in [1.82, 2.24) is 14.5 Å². The molecule has 0 unspecified atom stereocenters. The lowest BCUT2D eigenvalue weighted by Gasteiger charge is -2.37. The molecule has 1 aliphatic rings. The predicted octanol–water partition coefficient (Wildman–Crippen LogP) is 4.97. The van der Waals surface area contributed by atoms with Gasteiger partial charge in [0, 0.05) is 18.5 Å². The number of aliphatic hydroxyl groups is 1. The number of anilines is 1. The fraction of sp³-hybridized carbons (Fsp3) is 0.289. The molecule has 252 valence electrons. The highest BCUT2D eigenvalue weighted by Gasteiger charge is 2.42. The van der Waals surface area contributed by atoms with E-state index in [4.69, 9.17) is 25.4 Å². The number of carbonyl (C=O) groups excluding carboxylic acids is 1. The van der Waals surface area contributed by atoms with Gasteiger partial charge in [-0.2, -0.15) is 4.98 Å². The van der Waals surface area contributed by atoms with E-state index in [1.54, 1.807) is 38.8 Å². The van der Waals surface area contributed by atoms with Crippen molar-refractivity contribution in [3.05, 3.63) is 118 Å². The van der Waals surface area contributed by atoms with Crippen LogP contribution in [0.1, 0.15) is 48.8 Å². The first-order valence-corrected chi connectivity index (χ1v) is 15.9. The number of nitrogens with one attached hydrogen (secondary N) is 2. The summed E-state index contributed by atoms with van der Waals surface area (Å²) in [6.07, 6.45) is 5.11. The number of benzene rings is 3. The first-order chi connectivity index (χ1) is 23.7. The number of fused-ring (bicyclic) bond motifs is 1. The van der Waals surface area contributed by atoms with Gasteiger partial charge in [-0.25, -0.2) is 0 Å². The van der Waals surface area contributed by atoms with Gasteiger partial charge in [0.1, 0.15) is 29.4 Å². The monoisotopic (exact) mass is 662 g/mol. The fourth-order valence-electron chi connectivity index (χ4n) is 6.12. The van der Waals surface area contributed by atoms with Crippen molar-refractivity contribution in [1.29, 1.82) is 0 Å². The number of methoxy groups -OCH3 is 2. The van der Waals surface area contributed by atoms with Crippen molar-refractivity contribution >= 4 is 22.9 Å². The second kappa shape index (κ2) is 14.0. The van der Waals surface area contributed by atoms with Gasteiger partial charge in [0.05, 0.1) is 37.9 Å². The molecule has 1 aliphatic heterocycles. The third-order valence-electron chi connectivity index (χ3n) is 8.76. The maximum atomic E-state index is 13.1. The van der Waals surface area contributed by atoms with Crippen LogP contribution in [0.2, 0.25) is 0 Å². The van der Waals surface area contributed by atoms with Crippen LogP contribution in [0, 0.1) is 18.3 Å². The molecule has 3 atom stereocenters. The van der Waals surface area contributed by atoms with Gasteiger partial charge in [0.25, 0.3) is 5.56 Å². The Balaban J connectivity index is 1.36. The largest absolute Gasteiger partial charge is 0.497 e. The summed E-state index contributed by atoms with van der Waals surface area (Å²) in [7, 11) is 3.23. The van der Waals surface area contributed by atoms with Crippen LogP contribution in [0.4, 0.5) is 5.95 Å². The molecule has 0 saturated carbocycles. The van der Waals surface area contributed by atoms with E-state index in [1.165, 1.54) is 0 Å². The molecular weight excluding hydrogens is 624 g/mol. The normalized spacial score (nSPS) is 17.6. The number of hydrogen-bond donors (Lipinski definition) is 3. The number of aromatic nitrogens is 3. The van der Waals surface area contributed by atoms with Crippen molar-refractivity contribution in [2.75, 3.05) is 26.1 Å². The van der Waals surface area contributed by atoms with Crippen molar-refractivity contribution < 1.29 is 28.8 Å². The highest BCUT2D eigenvalue weighted by atomic mass is 16.6. The Hall–Kier alpha value is -5.41. The topological polar surface area (TPSA) is 137 Å². The lowest BCUT2D eigenvalue weighted by molar-refractivity contribution is -0.118. The highest BCUT2D eigenvalue weighted by Crippen LogP contribution is 2.43. The molecule has 1 amide bonds. The van der Waals surface area contributed by atoms with Gasteiger partial charge in [-0.15, -0.1) is 6.42 Å². The Labute approximate surface area is 283 Å². The quantitative estimate of drug-likeness (QED) is 0.133. The minimum atomic E-state index is -1.11. The molecule has 1 fully saturated rings. The summed E-state index contributed by atoms with van der Waals surface area (Å²) in [5, 5.41) is 14.2. The van der Waals surface area contributed by atoms with E-state index in [1.807, 2.05) is 78.9 Å². The predicted molar refractivity (Wildman–Crippen MR) is 185 cm³/mol. The second-order valence-corrected chi connectivity index (χ2v) is 12.1. The highest BCUT2D eigenvalue weighted by molar-refractivity contribution is 5.91. The van der Waals surface area contributed by atoms with Crippen molar-refractivity contribution in [2.45, 2.75) is 44.3 Å². The molecule has 2 aromatic heterocycles. The number of nitrogens with zero attached hydrogens (tertiary/aromatic N) is 2. The molecule has 3 heterocycles. The van der Waals surface area contributed by atoms with Gasteiger partial charge in [-0.1, -0.05) is 74.4 Å². The zero-order valence-corrected chi connectivity index (χ0v) is 27.7. The lowest BCUT2D eigenvalue weighted by atomic mass is 9.80. The number of ether oxygens (including phenoxy) is 4. The van der Waals surface area contributed by atoms with Crippen LogP contribution in [-0.4, -0.2) is 58.6 Å². The van der Waals surface area contributed by atoms with E-state index in [2.05, 4.69) is 21.2 Å². The van der Waals surface area contributed by atoms with Gasteiger partial charge in [0.15, 0.2) is 5.65 Å². The van der Waals surface area contributed by atoms with Crippen molar-refractivity contribution in [2.24, 2.45) is 5.92 Å². The van der Waals surface area contributed by atoms with Crippen LogP contribution in [-0.2, 0) is 19.9 Å². The van der Waals surface area contributed by atoms with Crippen LogP contribution < -0.4 is 20.3 Å². The summed E-state index contributed by atoms with van der Waals surface area (Å²) < 4.78 is 25.9. The third-order valence-corrected chi connectivity index (χ3v) is 8.76. The Morgan fingerprint density at radius 3 is 2.18 bits per heavy atom. The van der Waals surface area contributed by atoms with E-state index in [9.17, 15) is 14.7 Å². The molecule has 1 saturated heterocycles. The summed E-state index contributed by atoms with van der Waals surface area (Å²) in [6, 6.07) is 25.2. The zero-order valence-electron chi connectivity index (χ0n) is 27.7. The van der Waals surface area contributed by atoms with Crippen LogP contribution in [0.15, 0.2) is 89.9 Å². The molecule has 0 aliphatic carbocycles. The number of terminal acetylenes is 1. The maximum absolute atomic E-state index is 13.1. The molecule has 49 heavy (non-hydrogen) atoms. The van der Waals surface area contributed by atoms with Crippen molar-refractivity contribution in [3.63, 3.8) is 0 Å². The number of rotatable bonds is 11. The number of carbonyl (C=O) groups is 1. The summed E-state index contributed by atoms with van der Waals surface area (Å²) in [5.41, 5.74) is 1.46. The van der Waals surface area contributed by atoms with Gasteiger partial charge >= 0.3 is 0 Å². The van der Waals surface area contributed by atoms with Crippen LogP contribution in [0.25, 0.3) is 11.0 Å². The van der Waals surface area contributed by atoms with Crippen LogP contribution in [0.5, 0.6) is 11.5 Å². The average Bonchev–Trinajstić information content (AvgIpc) is 3.69. The van der Waals surface area contributed by atoms with E-state index >= 15 is 0 Å². The number of hydrogen-bond acceptors (Lipinski definition) is 8. The Bertz CT molecular complexity index is 1980. The molecule has 0 bridgehead atoms. The van der Waals surface area contributed by atoms with E-state index in [-0.39, 0.29) is 41.8 Å². The summed E-state index contributed by atoms with van der Waals surface area (Å²) in [6.45, 7) is 3.46. The third kappa shape index (κ3) is 6.41. The number of aliphatic hydroxyl groups excluding tert-OH is 1. The molecule has 11 nitrogen and oxygen atoms in total. The van der Waals surface area contributed by atoms with Gasteiger partial charge in [-0.3, -0.25) is 19.9 Å². The number of H-pyrrole nitrogens is 1. The lowest BCUT2D eigenvalue weighted by Crippen LogP contribution is -2.38. The Kier molecular flexibility index (Phi) is 9.56. The molecule has 6 rings (SSSR count). The Morgan fingerprint density at radius 1 is 1.04 bits per heavy atom. The molecule has 0 radical (unpaired) electrons. The summed E-state index contributed by atoms with van der Waals surface area (Å²) in [4.78, 5) is 32.6. The van der Waals surface area contributed by atoms with E-state index < -0.39 is 29.6 Å². The minimum Gasteiger partial charge on any atom is -0.497 e. The molecule has 3 N–H and O–H groups in total. The number of amides is 1. The van der Waals surface area contributed by atoms with E-state index in [0.717, 1.165) is 16.7 Å². The summed E-state index contributed by atoms with van der Waals surface area (Å²) >= 11 is 0. The van der Waals surface area contributed by atoms with Crippen LogP contribution >= 0.6 is 0 Å². The zero-order chi connectivity index (χ0) is 34.7. The van der Waals surface area contributed by atoms with Gasteiger partial charge in [-0.05, 0) is 41.0 Å². The van der Waals surface area contributed by atoms with E-state index in [0.29, 0.717) is 17.1 Å². The fourth-order valence-corrected chi connectivity index (χ4v) is 6.12. The first-order valence-electron chi connectivity index (χ1n) is 15.9. The standard InChI is InChI=1S/C38H38N4O7/c1-6-24-21-42(34-33(24)36(45)41-37(39-34)40-35(44)23(2)3)32-20-30(43)31(49-32)22-48-38(25-10-8-7-9-11-25,26-12-16-28(46-4)17-13-26)27-14-18-29(47-5)19-15-27/h1,7-19,21,23,30-32,43H,20,22H2,2-5H3,(H2,39,40,41,44,45)/t30-,31+,32+/m0/s1. The first kappa shape index (κ1) is 33.5. The smallest absolute Gasteiger partial charge is 0.263 e. The molecule has 3 aromatic carbocycles. The summed E-state index contributed by atoms with van der Waals surface area (Å²) in [5.74, 6) is 3.29. The number of aromatic amines is 1. The molecule has 11 heteroatoms. The average molecular weight is 663 g/mol. The molecule has 5 aromatic rings. The van der Waals surface area contributed by atoms with Crippen molar-refractivity contribution in [3.8, 4) is 23.8 Å². The Morgan fingerprint density at radius 2 is 1.63 bits per heavy atom. The van der Waals surface area contributed by atoms with Gasteiger partial charge in [0.2, 0.25) is 11.9 Å². The SMILES string of the molecule is C#Cc1cn([C@H]2C[C@H](O)[C@@H](COC(c3ccccc3)(c3ccc(OC)cc3)c3ccc(OC)cc3)O2)c2nc(NC(=O)C(C)C)[nH]c(=O)c12. The molecular formula is C38H38N4O7. The second-order valence-electron chi connectivity index (χ2n) is 12.1. The minimum absolute atomic E-state index is 0.00444. The maximum Gasteiger partial charge on any atom is 0.263 e.